The van der Waals surface area contributed by atoms with E-state index in [1.165, 1.54) is 0 Å². The SMILES string of the molecule is CSCCCNC(=O)c1cccc(I)c1N. The monoisotopic (exact) mass is 350 g/mol. The van der Waals surface area contributed by atoms with Crippen molar-refractivity contribution in [2.24, 2.45) is 0 Å². The van der Waals surface area contributed by atoms with Gasteiger partial charge in [0, 0.05) is 10.1 Å². The van der Waals surface area contributed by atoms with Crippen LogP contribution in [0.2, 0.25) is 0 Å². The zero-order valence-electron chi connectivity index (χ0n) is 9.13. The number of hydrogen-bond donors (Lipinski definition) is 2. The van der Waals surface area contributed by atoms with Gasteiger partial charge >= 0.3 is 0 Å². The van der Waals surface area contributed by atoms with Crippen molar-refractivity contribution in [3.05, 3.63) is 27.3 Å². The van der Waals surface area contributed by atoms with E-state index in [-0.39, 0.29) is 5.91 Å². The molecule has 0 heterocycles. The number of nitrogens with one attached hydrogen (secondary N) is 1. The molecule has 88 valence electrons. The fraction of sp³-hybridized carbons (Fsp3) is 0.364. The average Bonchev–Trinajstić information content (AvgIpc) is 2.28. The summed E-state index contributed by atoms with van der Waals surface area (Å²) in [6.45, 7) is 0.699. The first kappa shape index (κ1) is 13.6. The molecule has 5 heteroatoms. The Morgan fingerprint density at radius 3 is 3.00 bits per heavy atom. The lowest BCUT2D eigenvalue weighted by Crippen LogP contribution is -2.25. The number of amides is 1. The van der Waals surface area contributed by atoms with Gasteiger partial charge in [-0.1, -0.05) is 6.07 Å². The standard InChI is InChI=1S/C11H15IN2OS/c1-16-7-3-6-14-11(15)8-4-2-5-9(12)10(8)13/h2,4-5H,3,6-7,13H2,1H3,(H,14,15). The van der Waals surface area contributed by atoms with Crippen LogP contribution in [0.15, 0.2) is 18.2 Å². The Bertz CT molecular complexity index is 371. The van der Waals surface area contributed by atoms with Crippen molar-refractivity contribution in [1.82, 2.24) is 5.32 Å². The van der Waals surface area contributed by atoms with Gasteiger partial charge in [-0.15, -0.1) is 0 Å². The topological polar surface area (TPSA) is 55.1 Å². The van der Waals surface area contributed by atoms with Crippen molar-refractivity contribution in [2.45, 2.75) is 6.42 Å². The summed E-state index contributed by atoms with van der Waals surface area (Å²) in [5, 5.41) is 2.87. The summed E-state index contributed by atoms with van der Waals surface area (Å²) in [4.78, 5) is 11.8. The second kappa shape index (κ2) is 7.01. The molecule has 0 bridgehead atoms. The van der Waals surface area contributed by atoms with E-state index in [1.807, 2.05) is 12.1 Å². The molecule has 0 aliphatic rings. The van der Waals surface area contributed by atoms with Crippen molar-refractivity contribution in [2.75, 3.05) is 24.3 Å². The van der Waals surface area contributed by atoms with E-state index in [1.54, 1.807) is 17.8 Å². The number of carbonyl (C=O) groups excluding carboxylic acids is 1. The van der Waals surface area contributed by atoms with Gasteiger partial charge < -0.3 is 11.1 Å². The molecule has 1 aromatic carbocycles. The number of rotatable bonds is 5. The number of carbonyl (C=O) groups is 1. The summed E-state index contributed by atoms with van der Waals surface area (Å²) in [6, 6.07) is 5.48. The molecule has 0 aliphatic heterocycles. The minimum absolute atomic E-state index is 0.0860. The third-order valence-electron chi connectivity index (χ3n) is 2.11. The molecule has 0 saturated carbocycles. The summed E-state index contributed by atoms with van der Waals surface area (Å²) in [5.74, 6) is 0.972. The lowest BCUT2D eigenvalue weighted by Gasteiger charge is -2.08. The lowest BCUT2D eigenvalue weighted by atomic mass is 10.1. The Morgan fingerprint density at radius 2 is 2.31 bits per heavy atom. The Balaban J connectivity index is 2.56. The number of benzene rings is 1. The van der Waals surface area contributed by atoms with Gasteiger partial charge in [-0.3, -0.25) is 4.79 Å². The molecule has 1 amide bonds. The molecule has 0 unspecified atom stereocenters. The molecule has 0 spiro atoms. The zero-order valence-corrected chi connectivity index (χ0v) is 12.1. The van der Waals surface area contributed by atoms with Crippen molar-refractivity contribution in [3.63, 3.8) is 0 Å². The van der Waals surface area contributed by atoms with Gasteiger partial charge in [0.1, 0.15) is 0 Å². The van der Waals surface area contributed by atoms with Crippen molar-refractivity contribution >= 4 is 45.9 Å². The van der Waals surface area contributed by atoms with Crippen LogP contribution in [-0.4, -0.2) is 24.5 Å². The Kier molecular flexibility index (Phi) is 5.97. The van der Waals surface area contributed by atoms with E-state index in [4.69, 9.17) is 5.73 Å². The van der Waals surface area contributed by atoms with Gasteiger partial charge in [0.2, 0.25) is 0 Å². The number of halogens is 1. The van der Waals surface area contributed by atoms with Crippen LogP contribution in [0.5, 0.6) is 0 Å². The molecule has 0 aromatic heterocycles. The second-order valence-corrected chi connectivity index (χ2v) is 5.45. The molecular formula is C11H15IN2OS. The third-order valence-corrected chi connectivity index (χ3v) is 3.75. The minimum atomic E-state index is -0.0860. The van der Waals surface area contributed by atoms with Gasteiger partial charge in [-0.25, -0.2) is 0 Å². The largest absolute Gasteiger partial charge is 0.397 e. The van der Waals surface area contributed by atoms with Crippen LogP contribution in [0.25, 0.3) is 0 Å². The van der Waals surface area contributed by atoms with E-state index in [0.29, 0.717) is 17.8 Å². The number of nitrogens with two attached hydrogens (primary N) is 1. The predicted octanol–water partition coefficient (Wildman–Crippen LogP) is 2.36. The molecule has 3 N–H and O–H groups in total. The Hall–Kier alpha value is -0.430. The van der Waals surface area contributed by atoms with Crippen molar-refractivity contribution in [3.8, 4) is 0 Å². The normalized spacial score (nSPS) is 10.1. The minimum Gasteiger partial charge on any atom is -0.397 e. The van der Waals surface area contributed by atoms with Gasteiger partial charge in [0.25, 0.3) is 5.91 Å². The van der Waals surface area contributed by atoms with Crippen LogP contribution < -0.4 is 11.1 Å². The van der Waals surface area contributed by atoms with E-state index >= 15 is 0 Å². The summed E-state index contributed by atoms with van der Waals surface area (Å²) in [5.41, 5.74) is 6.97. The van der Waals surface area contributed by atoms with E-state index in [9.17, 15) is 4.79 Å². The van der Waals surface area contributed by atoms with Crippen LogP contribution in [0.1, 0.15) is 16.8 Å². The third kappa shape index (κ3) is 3.86. The molecule has 0 atom stereocenters. The second-order valence-electron chi connectivity index (χ2n) is 3.30. The van der Waals surface area contributed by atoms with Crippen LogP contribution in [0, 0.1) is 3.57 Å². The maximum Gasteiger partial charge on any atom is 0.253 e. The maximum atomic E-state index is 11.8. The van der Waals surface area contributed by atoms with Crippen LogP contribution >= 0.6 is 34.4 Å². The summed E-state index contributed by atoms with van der Waals surface area (Å²) >= 11 is 3.90. The molecule has 0 fully saturated rings. The first-order chi connectivity index (χ1) is 7.66. The fourth-order valence-corrected chi connectivity index (χ4v) is 2.18. The van der Waals surface area contributed by atoms with Gasteiger partial charge in [0.15, 0.2) is 0 Å². The highest BCUT2D eigenvalue weighted by Gasteiger charge is 2.10. The predicted molar refractivity (Wildman–Crippen MR) is 78.9 cm³/mol. The smallest absolute Gasteiger partial charge is 0.253 e. The Labute approximate surface area is 114 Å². The van der Waals surface area contributed by atoms with E-state index < -0.39 is 0 Å². The Morgan fingerprint density at radius 1 is 1.56 bits per heavy atom. The average molecular weight is 350 g/mol. The van der Waals surface area contributed by atoms with Gasteiger partial charge in [-0.05, 0) is 53.2 Å². The molecular weight excluding hydrogens is 335 g/mol. The highest BCUT2D eigenvalue weighted by Crippen LogP contribution is 2.18. The van der Waals surface area contributed by atoms with Crippen molar-refractivity contribution < 1.29 is 4.79 Å². The highest BCUT2D eigenvalue weighted by atomic mass is 127. The molecule has 16 heavy (non-hydrogen) atoms. The summed E-state index contributed by atoms with van der Waals surface area (Å²) < 4.78 is 0.911. The fourth-order valence-electron chi connectivity index (χ4n) is 1.25. The number of para-hydroxylation sites is 1. The quantitative estimate of drug-likeness (QED) is 0.487. The first-order valence-electron chi connectivity index (χ1n) is 4.98. The van der Waals surface area contributed by atoms with Crippen molar-refractivity contribution in [1.29, 1.82) is 0 Å². The number of anilines is 1. The molecule has 0 radical (unpaired) electrons. The van der Waals surface area contributed by atoms with Crippen LogP contribution in [0.4, 0.5) is 5.69 Å². The van der Waals surface area contributed by atoms with Gasteiger partial charge in [-0.2, -0.15) is 11.8 Å². The number of hydrogen-bond acceptors (Lipinski definition) is 3. The summed E-state index contributed by atoms with van der Waals surface area (Å²) in [6.07, 6.45) is 3.04. The summed E-state index contributed by atoms with van der Waals surface area (Å²) in [7, 11) is 0. The molecule has 0 aliphatic carbocycles. The molecule has 0 saturated heterocycles. The highest BCUT2D eigenvalue weighted by molar-refractivity contribution is 14.1. The van der Waals surface area contributed by atoms with Gasteiger partial charge in [0.05, 0.1) is 11.3 Å². The molecule has 1 aromatic rings. The first-order valence-corrected chi connectivity index (χ1v) is 7.45. The number of nitrogen functional groups attached to an aromatic ring is 1. The molecule has 3 nitrogen and oxygen atoms in total. The molecule has 1 rings (SSSR count). The lowest BCUT2D eigenvalue weighted by molar-refractivity contribution is 0.0954. The number of thioether (sulfide) groups is 1. The van der Waals surface area contributed by atoms with Crippen LogP contribution in [0.3, 0.4) is 0 Å². The van der Waals surface area contributed by atoms with E-state index in [2.05, 4.69) is 34.2 Å². The zero-order chi connectivity index (χ0) is 12.0. The van der Waals surface area contributed by atoms with Crippen LogP contribution in [-0.2, 0) is 0 Å². The van der Waals surface area contributed by atoms with E-state index in [0.717, 1.165) is 15.7 Å². The maximum absolute atomic E-state index is 11.8.